The lowest BCUT2D eigenvalue weighted by Crippen LogP contribution is -2.53. The van der Waals surface area contributed by atoms with Gasteiger partial charge in [-0.1, -0.05) is 66.5 Å². The van der Waals surface area contributed by atoms with Crippen LogP contribution in [0.3, 0.4) is 0 Å². The van der Waals surface area contributed by atoms with Crippen molar-refractivity contribution < 1.29 is 22.7 Å². The predicted molar refractivity (Wildman–Crippen MR) is 158 cm³/mol. The number of hydrogen-bond acceptors (Lipinski definition) is 5. The van der Waals surface area contributed by atoms with Gasteiger partial charge in [-0.3, -0.25) is 13.9 Å². The minimum absolute atomic E-state index is 0.00279. The summed E-state index contributed by atoms with van der Waals surface area (Å²) in [6, 6.07) is 18.2. The molecule has 0 unspecified atom stereocenters. The van der Waals surface area contributed by atoms with E-state index in [1.165, 1.54) is 42.3 Å². The topological polar surface area (TPSA) is 96.0 Å². The molecule has 1 N–H and O–H groups in total. The molecule has 8 nitrogen and oxygen atoms in total. The Morgan fingerprint density at radius 3 is 2.17 bits per heavy atom. The molecule has 0 radical (unpaired) electrons. The second kappa shape index (κ2) is 13.9. The van der Waals surface area contributed by atoms with E-state index in [9.17, 15) is 18.0 Å². The van der Waals surface area contributed by atoms with Gasteiger partial charge < -0.3 is 15.0 Å². The van der Waals surface area contributed by atoms with Crippen LogP contribution in [-0.2, 0) is 26.2 Å². The summed E-state index contributed by atoms with van der Waals surface area (Å²) in [4.78, 5) is 28.6. The van der Waals surface area contributed by atoms with E-state index < -0.39 is 28.5 Å². The molecule has 0 saturated carbocycles. The molecule has 3 aromatic carbocycles. The fourth-order valence-electron chi connectivity index (χ4n) is 4.17. The maximum absolute atomic E-state index is 14.1. The molecule has 0 aliphatic heterocycles. The van der Waals surface area contributed by atoms with E-state index in [2.05, 4.69) is 5.32 Å². The fourth-order valence-corrected chi connectivity index (χ4v) is 6.04. The van der Waals surface area contributed by atoms with Crippen LogP contribution < -0.4 is 14.4 Å². The maximum atomic E-state index is 14.1. The summed E-state index contributed by atoms with van der Waals surface area (Å²) in [7, 11) is -2.76. The van der Waals surface area contributed by atoms with Gasteiger partial charge in [-0.2, -0.15) is 0 Å². The van der Waals surface area contributed by atoms with Crippen LogP contribution in [0.15, 0.2) is 77.7 Å². The molecule has 0 heterocycles. The summed E-state index contributed by atoms with van der Waals surface area (Å²) in [6.45, 7) is 4.86. The smallest absolute Gasteiger partial charge is 0.264 e. The molecule has 2 amide bonds. The van der Waals surface area contributed by atoms with E-state index in [0.717, 1.165) is 4.31 Å². The first-order valence-electron chi connectivity index (χ1n) is 12.7. The lowest BCUT2D eigenvalue weighted by atomic mass is 10.1. The van der Waals surface area contributed by atoms with Gasteiger partial charge in [0.05, 0.1) is 22.7 Å². The second-order valence-electron chi connectivity index (χ2n) is 9.34. The number of methoxy groups -OCH3 is 1. The lowest BCUT2D eigenvalue weighted by molar-refractivity contribution is -0.140. The summed E-state index contributed by atoms with van der Waals surface area (Å²) in [5, 5.41) is 3.46. The third-order valence-corrected chi connectivity index (χ3v) is 8.60. The molecular formula is C29H33Cl2N3O5S. The van der Waals surface area contributed by atoms with Gasteiger partial charge in [0.2, 0.25) is 11.8 Å². The first-order valence-corrected chi connectivity index (χ1v) is 14.9. The molecule has 214 valence electrons. The summed E-state index contributed by atoms with van der Waals surface area (Å²) in [5.41, 5.74) is 0.790. The molecule has 3 aromatic rings. The Kier molecular flexibility index (Phi) is 10.8. The Morgan fingerprint density at radius 1 is 0.950 bits per heavy atom. The Bertz CT molecular complexity index is 1430. The Labute approximate surface area is 245 Å². The van der Waals surface area contributed by atoms with E-state index in [1.807, 2.05) is 13.8 Å². The predicted octanol–water partition coefficient (Wildman–Crippen LogP) is 5.53. The van der Waals surface area contributed by atoms with Gasteiger partial charge in [-0.05, 0) is 62.2 Å². The number of hydrogen-bond donors (Lipinski definition) is 1. The number of anilines is 1. The molecule has 0 aliphatic rings. The molecule has 1 atom stereocenters. The van der Waals surface area contributed by atoms with Crippen LogP contribution in [0.2, 0.25) is 10.0 Å². The SMILES string of the molecule is CC[C@H](C(=O)NC(C)C)N(Cc1ccccc1Cl)C(=O)CN(c1ccc(OC)c(Cl)c1)S(=O)(=O)c1ccccc1. The zero-order chi connectivity index (χ0) is 29.4. The fraction of sp³-hybridized carbons (Fsp3) is 0.310. The minimum Gasteiger partial charge on any atom is -0.495 e. The van der Waals surface area contributed by atoms with Gasteiger partial charge in [0.15, 0.2) is 0 Å². The second-order valence-corrected chi connectivity index (χ2v) is 12.0. The molecule has 0 fully saturated rings. The highest BCUT2D eigenvalue weighted by molar-refractivity contribution is 7.92. The Morgan fingerprint density at radius 2 is 1.60 bits per heavy atom. The first-order chi connectivity index (χ1) is 19.0. The van der Waals surface area contributed by atoms with Crippen molar-refractivity contribution in [2.24, 2.45) is 0 Å². The standard InChI is InChI=1S/C29H33Cl2N3O5S/c1-5-26(29(36)32-20(2)3)33(18-21-11-9-10-14-24(21)30)28(35)19-34(22-15-16-27(39-4)25(31)17-22)40(37,38)23-12-7-6-8-13-23/h6-17,20,26H,5,18-19H2,1-4H3,(H,32,36)/t26-/m1/s1. The van der Waals surface area contributed by atoms with Crippen molar-refractivity contribution in [1.82, 2.24) is 10.2 Å². The number of benzene rings is 3. The van der Waals surface area contributed by atoms with Crippen LogP contribution in [0, 0.1) is 0 Å². The molecule has 0 saturated heterocycles. The number of nitrogens with one attached hydrogen (secondary N) is 1. The molecule has 40 heavy (non-hydrogen) atoms. The lowest BCUT2D eigenvalue weighted by Gasteiger charge is -2.33. The molecule has 0 aliphatic carbocycles. The zero-order valence-electron chi connectivity index (χ0n) is 22.8. The molecule has 0 spiro atoms. The van der Waals surface area contributed by atoms with E-state index in [1.54, 1.807) is 49.4 Å². The highest BCUT2D eigenvalue weighted by Crippen LogP contribution is 2.32. The number of amides is 2. The average Bonchev–Trinajstić information content (AvgIpc) is 2.92. The van der Waals surface area contributed by atoms with Gasteiger partial charge in [-0.25, -0.2) is 8.42 Å². The molecule has 3 rings (SSSR count). The van der Waals surface area contributed by atoms with Crippen molar-refractivity contribution in [3.05, 3.63) is 88.4 Å². The molecule has 0 bridgehead atoms. The average molecular weight is 607 g/mol. The summed E-state index contributed by atoms with van der Waals surface area (Å²) in [6.07, 6.45) is 0.300. The van der Waals surface area contributed by atoms with E-state index in [0.29, 0.717) is 22.8 Å². The zero-order valence-corrected chi connectivity index (χ0v) is 25.1. The quantitative estimate of drug-likeness (QED) is 0.293. The summed E-state index contributed by atoms with van der Waals surface area (Å²) >= 11 is 12.8. The third kappa shape index (κ3) is 7.47. The van der Waals surface area contributed by atoms with Crippen molar-refractivity contribution in [1.29, 1.82) is 0 Å². The number of ether oxygens (including phenoxy) is 1. The van der Waals surface area contributed by atoms with E-state index >= 15 is 0 Å². The van der Waals surface area contributed by atoms with Crippen molar-refractivity contribution >= 4 is 50.7 Å². The van der Waals surface area contributed by atoms with Crippen molar-refractivity contribution in [3.63, 3.8) is 0 Å². The Hall–Kier alpha value is -3.27. The molecule has 0 aromatic heterocycles. The normalized spacial score (nSPS) is 12.1. The van der Waals surface area contributed by atoms with Gasteiger partial charge in [0.1, 0.15) is 18.3 Å². The number of nitrogens with zero attached hydrogens (tertiary/aromatic N) is 2. The number of rotatable bonds is 12. The summed E-state index contributed by atoms with van der Waals surface area (Å²) in [5.74, 6) is -0.578. The monoisotopic (exact) mass is 605 g/mol. The number of carbonyl (C=O) groups is 2. The third-order valence-electron chi connectivity index (χ3n) is 6.15. The van der Waals surface area contributed by atoms with Crippen molar-refractivity contribution in [3.8, 4) is 5.75 Å². The van der Waals surface area contributed by atoms with Crippen molar-refractivity contribution in [2.45, 2.75) is 50.7 Å². The molecular weight excluding hydrogens is 573 g/mol. The number of sulfonamides is 1. The van der Waals surface area contributed by atoms with Crippen LogP contribution in [0.25, 0.3) is 0 Å². The highest BCUT2D eigenvalue weighted by atomic mass is 35.5. The first kappa shape index (κ1) is 31.3. The van der Waals surface area contributed by atoms with Gasteiger partial charge in [0.25, 0.3) is 10.0 Å². The highest BCUT2D eigenvalue weighted by Gasteiger charge is 2.34. The van der Waals surface area contributed by atoms with Crippen LogP contribution in [-0.4, -0.2) is 50.9 Å². The van der Waals surface area contributed by atoms with Crippen molar-refractivity contribution in [2.75, 3.05) is 18.0 Å². The van der Waals surface area contributed by atoms with Gasteiger partial charge >= 0.3 is 0 Å². The summed E-state index contributed by atoms with van der Waals surface area (Å²) < 4.78 is 33.9. The van der Waals surface area contributed by atoms with Crippen LogP contribution in [0.4, 0.5) is 5.69 Å². The number of halogens is 2. The minimum atomic E-state index is -4.21. The van der Waals surface area contributed by atoms with Crippen LogP contribution in [0.5, 0.6) is 5.75 Å². The van der Waals surface area contributed by atoms with Gasteiger partial charge in [-0.15, -0.1) is 0 Å². The van der Waals surface area contributed by atoms with E-state index in [4.69, 9.17) is 27.9 Å². The molecule has 11 heteroatoms. The van der Waals surface area contributed by atoms with Crippen LogP contribution in [0.1, 0.15) is 32.8 Å². The maximum Gasteiger partial charge on any atom is 0.264 e. The van der Waals surface area contributed by atoms with Crippen LogP contribution >= 0.6 is 23.2 Å². The van der Waals surface area contributed by atoms with E-state index in [-0.39, 0.29) is 34.1 Å². The Balaban J connectivity index is 2.10. The number of carbonyl (C=O) groups excluding carboxylic acids is 2. The van der Waals surface area contributed by atoms with Gasteiger partial charge in [0, 0.05) is 17.6 Å². The largest absolute Gasteiger partial charge is 0.495 e.